The number of methoxy groups -OCH3 is 1. The zero-order valence-corrected chi connectivity index (χ0v) is 18.6. The average Bonchev–Trinajstić information content (AvgIpc) is 3.01. The quantitative estimate of drug-likeness (QED) is 0.412. The minimum Gasteiger partial charge on any atom is -0.496 e. The maximum atomic E-state index is 12.3. The van der Waals surface area contributed by atoms with Crippen LogP contribution in [0.3, 0.4) is 0 Å². The Morgan fingerprint density at radius 3 is 2.56 bits per heavy atom. The summed E-state index contributed by atoms with van der Waals surface area (Å²) in [6.07, 6.45) is 3.19. The first kappa shape index (κ1) is 19.8. The Hall–Kier alpha value is -1.96. The third kappa shape index (κ3) is 5.06. The largest absolute Gasteiger partial charge is 0.496 e. The molecule has 0 bridgehead atoms. The van der Waals surface area contributed by atoms with Crippen LogP contribution in [0.25, 0.3) is 17.3 Å². The lowest BCUT2D eigenvalue weighted by Gasteiger charge is -2.04. The Balaban J connectivity index is 1.74. The van der Waals surface area contributed by atoms with Crippen LogP contribution in [0.2, 0.25) is 0 Å². The van der Waals surface area contributed by atoms with Gasteiger partial charge in [0.05, 0.1) is 12.8 Å². The first-order valence-electron chi connectivity index (χ1n) is 8.02. The van der Waals surface area contributed by atoms with E-state index in [4.69, 9.17) is 4.74 Å². The molecule has 0 radical (unpaired) electrons. The number of thiazole rings is 1. The van der Waals surface area contributed by atoms with Crippen LogP contribution in [0.1, 0.15) is 10.4 Å². The molecule has 27 heavy (non-hydrogen) atoms. The smallest absolute Gasteiger partial charge is 0.250 e. The van der Waals surface area contributed by atoms with E-state index in [0.29, 0.717) is 10.9 Å². The molecule has 0 saturated heterocycles. The molecule has 0 spiro atoms. The number of rotatable bonds is 5. The molecule has 0 aliphatic carbocycles. The number of ether oxygens (including phenoxy) is 1. The van der Waals surface area contributed by atoms with Crippen LogP contribution in [0.4, 0.5) is 5.13 Å². The van der Waals surface area contributed by atoms with Gasteiger partial charge in [0.1, 0.15) is 5.75 Å². The maximum Gasteiger partial charge on any atom is 0.250 e. The summed E-state index contributed by atoms with van der Waals surface area (Å²) < 4.78 is 7.24. The van der Waals surface area contributed by atoms with Crippen molar-refractivity contribution in [3.05, 3.63) is 67.9 Å². The van der Waals surface area contributed by atoms with Crippen molar-refractivity contribution in [2.75, 3.05) is 12.4 Å². The second kappa shape index (κ2) is 8.82. The molecular formula is C20H16Br2N2O2S. The van der Waals surface area contributed by atoms with Gasteiger partial charge in [0.15, 0.2) is 5.13 Å². The van der Waals surface area contributed by atoms with Crippen molar-refractivity contribution < 1.29 is 9.53 Å². The van der Waals surface area contributed by atoms with Crippen LogP contribution in [-0.4, -0.2) is 18.0 Å². The minimum absolute atomic E-state index is 0.242. The summed E-state index contributed by atoms with van der Waals surface area (Å²) in [4.78, 5) is 17.9. The molecule has 1 aromatic heterocycles. The average molecular weight is 508 g/mol. The van der Waals surface area contributed by atoms with Crippen molar-refractivity contribution in [1.82, 2.24) is 4.98 Å². The molecule has 0 fully saturated rings. The zero-order chi connectivity index (χ0) is 19.4. The second-order valence-electron chi connectivity index (χ2n) is 5.64. The number of halogens is 2. The minimum atomic E-state index is -0.242. The van der Waals surface area contributed by atoms with Crippen LogP contribution in [0, 0.1) is 6.92 Å². The molecule has 0 aliphatic heterocycles. The standard InChI is InChI=1S/C20H16Br2N2O2S/c1-12-19(13-3-6-15(21)7-4-13)24-20(27-12)23-18(25)10-5-14-11-16(22)8-9-17(14)26-2/h3-11H,1-2H3,(H,23,24,25)/b10-5+. The van der Waals surface area contributed by atoms with Crippen molar-refractivity contribution in [2.45, 2.75) is 6.92 Å². The summed E-state index contributed by atoms with van der Waals surface area (Å²) in [7, 11) is 1.60. The van der Waals surface area contributed by atoms with E-state index in [9.17, 15) is 4.79 Å². The number of hydrogen-bond donors (Lipinski definition) is 1. The van der Waals surface area contributed by atoms with Crippen LogP contribution < -0.4 is 10.1 Å². The number of aromatic nitrogens is 1. The molecule has 3 aromatic rings. The van der Waals surface area contributed by atoms with Gasteiger partial charge in [-0.3, -0.25) is 10.1 Å². The molecule has 4 nitrogen and oxygen atoms in total. The van der Waals surface area contributed by atoms with E-state index < -0.39 is 0 Å². The fraction of sp³-hybridized carbons (Fsp3) is 0.100. The molecule has 0 saturated carbocycles. The van der Waals surface area contributed by atoms with Gasteiger partial charge >= 0.3 is 0 Å². The van der Waals surface area contributed by atoms with Gasteiger partial charge in [-0.25, -0.2) is 4.98 Å². The molecule has 0 unspecified atom stereocenters. The van der Waals surface area contributed by atoms with Gasteiger partial charge < -0.3 is 4.74 Å². The first-order chi connectivity index (χ1) is 13.0. The van der Waals surface area contributed by atoms with Crippen LogP contribution in [-0.2, 0) is 4.79 Å². The molecule has 7 heteroatoms. The van der Waals surface area contributed by atoms with Gasteiger partial charge in [-0.15, -0.1) is 11.3 Å². The van der Waals surface area contributed by atoms with Gasteiger partial charge in [0.25, 0.3) is 0 Å². The Morgan fingerprint density at radius 2 is 1.85 bits per heavy atom. The Labute approximate surface area is 178 Å². The number of carbonyl (C=O) groups is 1. The Bertz CT molecular complexity index is 998. The van der Waals surface area contributed by atoms with Crippen molar-refractivity contribution in [2.24, 2.45) is 0 Å². The van der Waals surface area contributed by atoms with Crippen molar-refractivity contribution in [3.8, 4) is 17.0 Å². The van der Waals surface area contributed by atoms with Gasteiger partial charge in [-0.2, -0.15) is 0 Å². The monoisotopic (exact) mass is 506 g/mol. The third-order valence-electron chi connectivity index (χ3n) is 3.75. The van der Waals surface area contributed by atoms with Gasteiger partial charge in [-0.05, 0) is 43.3 Å². The van der Waals surface area contributed by atoms with Crippen molar-refractivity contribution in [1.29, 1.82) is 0 Å². The number of carbonyl (C=O) groups excluding carboxylic acids is 1. The third-order valence-corrected chi connectivity index (χ3v) is 5.66. The number of benzene rings is 2. The molecule has 2 aromatic carbocycles. The van der Waals surface area contributed by atoms with Crippen LogP contribution in [0.5, 0.6) is 5.75 Å². The van der Waals surface area contributed by atoms with Crippen LogP contribution >= 0.6 is 43.2 Å². The van der Waals surface area contributed by atoms with E-state index in [1.165, 1.54) is 17.4 Å². The highest BCUT2D eigenvalue weighted by atomic mass is 79.9. The zero-order valence-electron chi connectivity index (χ0n) is 14.6. The summed E-state index contributed by atoms with van der Waals surface area (Å²) in [5, 5.41) is 3.40. The van der Waals surface area contributed by atoms with Crippen molar-refractivity contribution in [3.63, 3.8) is 0 Å². The Morgan fingerprint density at radius 1 is 1.15 bits per heavy atom. The molecule has 1 heterocycles. The van der Waals surface area contributed by atoms with E-state index >= 15 is 0 Å². The summed E-state index contributed by atoms with van der Waals surface area (Å²) >= 11 is 8.31. The summed E-state index contributed by atoms with van der Waals surface area (Å²) in [5.74, 6) is 0.456. The highest BCUT2D eigenvalue weighted by molar-refractivity contribution is 9.10. The lowest BCUT2D eigenvalue weighted by molar-refractivity contribution is -0.111. The molecule has 138 valence electrons. The highest BCUT2D eigenvalue weighted by Crippen LogP contribution is 2.31. The number of aryl methyl sites for hydroxylation is 1. The summed E-state index contributed by atoms with van der Waals surface area (Å²) in [5.41, 5.74) is 2.70. The van der Waals surface area contributed by atoms with Gasteiger partial charge in [0.2, 0.25) is 5.91 Å². The molecular weight excluding hydrogens is 492 g/mol. The number of nitrogens with zero attached hydrogens (tertiary/aromatic N) is 1. The fourth-order valence-electron chi connectivity index (χ4n) is 2.47. The number of hydrogen-bond acceptors (Lipinski definition) is 4. The molecule has 0 aliphatic rings. The number of amides is 1. The Kier molecular flexibility index (Phi) is 6.46. The predicted molar refractivity (Wildman–Crippen MR) is 118 cm³/mol. The lowest BCUT2D eigenvalue weighted by atomic mass is 10.1. The van der Waals surface area contributed by atoms with Crippen molar-refractivity contribution >= 4 is 60.3 Å². The van der Waals surface area contributed by atoms with Crippen LogP contribution in [0.15, 0.2) is 57.5 Å². The van der Waals surface area contributed by atoms with E-state index in [0.717, 1.165) is 30.6 Å². The summed E-state index contributed by atoms with van der Waals surface area (Å²) in [6.45, 7) is 1.99. The second-order valence-corrected chi connectivity index (χ2v) is 8.67. The molecule has 0 atom stereocenters. The van der Waals surface area contributed by atoms with E-state index in [1.54, 1.807) is 13.2 Å². The summed E-state index contributed by atoms with van der Waals surface area (Å²) in [6, 6.07) is 13.6. The molecule has 1 amide bonds. The van der Waals surface area contributed by atoms with Gasteiger partial charge in [-0.1, -0.05) is 44.0 Å². The number of nitrogens with one attached hydrogen (secondary N) is 1. The van der Waals surface area contributed by atoms with E-state index in [-0.39, 0.29) is 5.91 Å². The SMILES string of the molecule is COc1ccc(Br)cc1/C=C/C(=O)Nc1nc(-c2ccc(Br)cc2)c(C)s1. The topological polar surface area (TPSA) is 51.2 Å². The molecule has 1 N–H and O–H groups in total. The fourth-order valence-corrected chi connectivity index (χ4v) is 3.96. The lowest BCUT2D eigenvalue weighted by Crippen LogP contribution is -2.07. The van der Waals surface area contributed by atoms with E-state index in [1.807, 2.05) is 49.4 Å². The first-order valence-corrected chi connectivity index (χ1v) is 10.4. The highest BCUT2D eigenvalue weighted by Gasteiger charge is 2.11. The molecule has 3 rings (SSSR count). The maximum absolute atomic E-state index is 12.3. The number of anilines is 1. The van der Waals surface area contributed by atoms with E-state index in [2.05, 4.69) is 42.2 Å². The van der Waals surface area contributed by atoms with Gasteiger partial charge in [0, 0.05) is 31.0 Å². The normalized spacial score (nSPS) is 11.0. The predicted octanol–water partition coefficient (Wildman–Crippen LogP) is 6.30.